The highest BCUT2D eigenvalue weighted by atomic mass is 79.9. The van der Waals surface area contributed by atoms with Gasteiger partial charge in [0, 0.05) is 11.1 Å². The number of halogens is 1. The van der Waals surface area contributed by atoms with Gasteiger partial charge in [-0.25, -0.2) is 4.98 Å². The maximum absolute atomic E-state index is 4.46. The molecular formula is C10H17BrN2. The summed E-state index contributed by atoms with van der Waals surface area (Å²) in [5.74, 6) is 0.494. The van der Waals surface area contributed by atoms with E-state index >= 15 is 0 Å². The first-order chi connectivity index (χ1) is 5.82. The van der Waals surface area contributed by atoms with Crippen molar-refractivity contribution in [2.24, 2.45) is 0 Å². The first-order valence-corrected chi connectivity index (χ1v) is 5.37. The molecule has 0 radical (unpaired) electrons. The quantitative estimate of drug-likeness (QED) is 0.804. The molecule has 0 aliphatic heterocycles. The fourth-order valence-electron chi connectivity index (χ4n) is 1.35. The van der Waals surface area contributed by atoms with Crippen LogP contribution in [-0.4, -0.2) is 9.97 Å². The molecule has 13 heavy (non-hydrogen) atoms. The van der Waals surface area contributed by atoms with Crippen LogP contribution < -0.4 is 0 Å². The van der Waals surface area contributed by atoms with Gasteiger partial charge in [-0.1, -0.05) is 34.6 Å². The van der Waals surface area contributed by atoms with E-state index in [1.807, 2.05) is 0 Å². The molecule has 0 unspecified atom stereocenters. The summed E-state index contributed by atoms with van der Waals surface area (Å²) in [5, 5.41) is 0. The van der Waals surface area contributed by atoms with Gasteiger partial charge in [-0.15, -0.1) is 0 Å². The molecule has 0 saturated heterocycles. The van der Waals surface area contributed by atoms with Crippen LogP contribution in [0.4, 0.5) is 0 Å². The van der Waals surface area contributed by atoms with Crippen LogP contribution in [0.1, 0.15) is 51.9 Å². The van der Waals surface area contributed by atoms with Crippen molar-refractivity contribution in [3.05, 3.63) is 16.1 Å². The van der Waals surface area contributed by atoms with Crippen LogP contribution in [0.25, 0.3) is 0 Å². The zero-order valence-corrected chi connectivity index (χ0v) is 10.5. The molecule has 1 rings (SSSR count). The second-order valence-corrected chi connectivity index (χ2v) is 5.45. The Hall–Kier alpha value is -0.310. The number of rotatable bonds is 1. The third-order valence-corrected chi connectivity index (χ3v) is 2.37. The summed E-state index contributed by atoms with van der Waals surface area (Å²) >= 11 is 3.38. The summed E-state index contributed by atoms with van der Waals surface area (Å²) in [4.78, 5) is 7.72. The number of nitrogens with one attached hydrogen (secondary N) is 1. The maximum atomic E-state index is 4.46. The van der Waals surface area contributed by atoms with Crippen LogP contribution in [0.2, 0.25) is 0 Å². The third kappa shape index (κ3) is 2.33. The molecule has 0 spiro atoms. The normalized spacial score (nSPS) is 12.5. The van der Waals surface area contributed by atoms with Crippen molar-refractivity contribution >= 4 is 15.9 Å². The Morgan fingerprint density at radius 2 is 1.85 bits per heavy atom. The van der Waals surface area contributed by atoms with Gasteiger partial charge in [-0.05, 0) is 21.8 Å². The van der Waals surface area contributed by atoms with Crippen LogP contribution in [0.5, 0.6) is 0 Å². The Morgan fingerprint density at radius 3 is 2.15 bits per heavy atom. The highest BCUT2D eigenvalue weighted by molar-refractivity contribution is 9.10. The van der Waals surface area contributed by atoms with Gasteiger partial charge in [-0.2, -0.15) is 0 Å². The smallest absolute Gasteiger partial charge is 0.174 e. The third-order valence-electron chi connectivity index (χ3n) is 1.99. The lowest BCUT2D eigenvalue weighted by molar-refractivity contribution is 0.558. The van der Waals surface area contributed by atoms with Crippen LogP contribution >= 0.6 is 15.9 Å². The van der Waals surface area contributed by atoms with Crippen molar-refractivity contribution < 1.29 is 0 Å². The number of imidazole rings is 1. The second-order valence-electron chi connectivity index (χ2n) is 4.69. The van der Waals surface area contributed by atoms with Crippen molar-refractivity contribution in [1.29, 1.82) is 0 Å². The van der Waals surface area contributed by atoms with E-state index < -0.39 is 0 Å². The fraction of sp³-hybridized carbons (Fsp3) is 0.700. The fourth-order valence-corrected chi connectivity index (χ4v) is 1.74. The van der Waals surface area contributed by atoms with Crippen LogP contribution in [0.15, 0.2) is 4.73 Å². The predicted octanol–water partition coefficient (Wildman–Crippen LogP) is 3.59. The van der Waals surface area contributed by atoms with Gasteiger partial charge in [-0.3, -0.25) is 0 Å². The summed E-state index contributed by atoms with van der Waals surface area (Å²) in [7, 11) is 0. The molecule has 0 amide bonds. The van der Waals surface area contributed by atoms with Gasteiger partial charge in [0.1, 0.15) is 0 Å². The van der Waals surface area contributed by atoms with E-state index in [1.54, 1.807) is 0 Å². The number of nitrogens with zero attached hydrogens (tertiary/aromatic N) is 1. The molecule has 1 aromatic heterocycles. The number of aromatic nitrogens is 2. The first kappa shape index (κ1) is 10.8. The Balaban J connectivity index is 3.20. The topological polar surface area (TPSA) is 28.7 Å². The van der Waals surface area contributed by atoms with E-state index in [2.05, 4.69) is 60.5 Å². The minimum Gasteiger partial charge on any atom is -0.336 e. The molecule has 2 nitrogen and oxygen atoms in total. The summed E-state index contributed by atoms with van der Waals surface area (Å²) in [5.41, 5.74) is 2.51. The SMILES string of the molecule is CC(C)c1[nH]c(Br)nc1C(C)(C)C. The van der Waals surface area contributed by atoms with Gasteiger partial charge >= 0.3 is 0 Å². The van der Waals surface area contributed by atoms with E-state index in [4.69, 9.17) is 0 Å². The lowest BCUT2D eigenvalue weighted by Crippen LogP contribution is -2.15. The molecule has 0 aromatic carbocycles. The molecule has 1 aromatic rings. The van der Waals surface area contributed by atoms with Gasteiger partial charge in [0.2, 0.25) is 0 Å². The first-order valence-electron chi connectivity index (χ1n) is 4.58. The van der Waals surface area contributed by atoms with E-state index in [0.717, 1.165) is 10.4 Å². The number of H-pyrrole nitrogens is 1. The van der Waals surface area contributed by atoms with E-state index in [9.17, 15) is 0 Å². The van der Waals surface area contributed by atoms with Crippen molar-refractivity contribution in [2.45, 2.75) is 46.0 Å². The zero-order chi connectivity index (χ0) is 10.2. The molecule has 3 heteroatoms. The molecule has 0 fully saturated rings. The molecule has 1 N–H and O–H groups in total. The summed E-state index contributed by atoms with van der Waals surface area (Å²) in [6, 6.07) is 0. The highest BCUT2D eigenvalue weighted by Crippen LogP contribution is 2.29. The summed E-state index contributed by atoms with van der Waals surface area (Å²) < 4.78 is 0.834. The largest absolute Gasteiger partial charge is 0.336 e. The number of hydrogen-bond donors (Lipinski definition) is 1. The lowest BCUT2D eigenvalue weighted by atomic mass is 9.88. The number of aromatic amines is 1. The van der Waals surface area contributed by atoms with Crippen molar-refractivity contribution in [3.63, 3.8) is 0 Å². The summed E-state index contributed by atoms with van der Waals surface area (Å²) in [6.45, 7) is 10.9. The van der Waals surface area contributed by atoms with E-state index in [0.29, 0.717) is 5.92 Å². The Labute approximate surface area is 88.3 Å². The molecule has 0 aliphatic rings. The minimum absolute atomic E-state index is 0.113. The number of hydrogen-bond acceptors (Lipinski definition) is 1. The standard InChI is InChI=1S/C10H17BrN2/c1-6(2)7-8(10(3,4)5)13-9(11)12-7/h6H,1-5H3,(H,12,13). The molecule has 0 saturated carbocycles. The Kier molecular flexibility index (Phi) is 2.85. The van der Waals surface area contributed by atoms with Crippen LogP contribution in [0.3, 0.4) is 0 Å². The highest BCUT2D eigenvalue weighted by Gasteiger charge is 2.23. The van der Waals surface area contributed by atoms with Gasteiger partial charge in [0.25, 0.3) is 0 Å². The zero-order valence-electron chi connectivity index (χ0n) is 8.90. The minimum atomic E-state index is 0.113. The van der Waals surface area contributed by atoms with Crippen molar-refractivity contribution in [2.75, 3.05) is 0 Å². The molecular weight excluding hydrogens is 228 g/mol. The molecule has 0 bridgehead atoms. The van der Waals surface area contributed by atoms with Gasteiger partial charge in [0.15, 0.2) is 4.73 Å². The van der Waals surface area contributed by atoms with Crippen LogP contribution in [0, 0.1) is 0 Å². The van der Waals surface area contributed by atoms with Crippen molar-refractivity contribution in [3.8, 4) is 0 Å². The van der Waals surface area contributed by atoms with Crippen LogP contribution in [-0.2, 0) is 5.41 Å². The van der Waals surface area contributed by atoms with E-state index in [1.165, 1.54) is 5.69 Å². The monoisotopic (exact) mass is 244 g/mol. The summed E-state index contributed by atoms with van der Waals surface area (Å²) in [6.07, 6.45) is 0. The molecule has 74 valence electrons. The Bertz CT molecular complexity index is 294. The van der Waals surface area contributed by atoms with E-state index in [-0.39, 0.29) is 5.41 Å². The lowest BCUT2D eigenvalue weighted by Gasteiger charge is -2.18. The Morgan fingerprint density at radius 1 is 1.31 bits per heavy atom. The molecule has 0 atom stereocenters. The van der Waals surface area contributed by atoms with Crippen molar-refractivity contribution in [1.82, 2.24) is 9.97 Å². The average molecular weight is 245 g/mol. The average Bonchev–Trinajstić information content (AvgIpc) is 2.29. The van der Waals surface area contributed by atoms with Gasteiger partial charge in [0.05, 0.1) is 5.69 Å². The second kappa shape index (κ2) is 3.45. The van der Waals surface area contributed by atoms with Gasteiger partial charge < -0.3 is 4.98 Å². The molecule has 1 heterocycles. The molecule has 0 aliphatic carbocycles. The maximum Gasteiger partial charge on any atom is 0.174 e. The predicted molar refractivity (Wildman–Crippen MR) is 59.1 cm³/mol.